The van der Waals surface area contributed by atoms with Crippen molar-refractivity contribution in [1.82, 2.24) is 10.3 Å². The van der Waals surface area contributed by atoms with E-state index in [0.29, 0.717) is 17.6 Å². The molecule has 2 aliphatic rings. The first kappa shape index (κ1) is 17.6. The second kappa shape index (κ2) is 8.27. The molecular weight excluding hydrogens is 374 g/mol. The molecule has 1 aromatic rings. The highest BCUT2D eigenvalue weighted by molar-refractivity contribution is 9.10. The van der Waals surface area contributed by atoms with Crippen molar-refractivity contribution >= 4 is 27.7 Å². The van der Waals surface area contributed by atoms with Crippen molar-refractivity contribution < 1.29 is 14.3 Å². The van der Waals surface area contributed by atoms with Crippen molar-refractivity contribution in [3.05, 3.63) is 22.3 Å². The van der Waals surface area contributed by atoms with E-state index in [0.717, 1.165) is 62.3 Å². The molecular formula is C17H24BrN3O3. The number of aromatic nitrogens is 1. The summed E-state index contributed by atoms with van der Waals surface area (Å²) >= 11 is 3.37. The average Bonchev–Trinajstić information content (AvgIpc) is 2.62. The van der Waals surface area contributed by atoms with Crippen LogP contribution in [-0.4, -0.2) is 56.5 Å². The fraction of sp³-hybridized carbons (Fsp3) is 0.647. The minimum absolute atomic E-state index is 0.346. The predicted octanol–water partition coefficient (Wildman–Crippen LogP) is 2.37. The van der Waals surface area contributed by atoms with Gasteiger partial charge in [0.25, 0.3) is 0 Å². The topological polar surface area (TPSA) is 63.7 Å². The summed E-state index contributed by atoms with van der Waals surface area (Å²) in [5.41, 5.74) is 0.516. The van der Waals surface area contributed by atoms with E-state index in [2.05, 4.69) is 31.1 Å². The maximum absolute atomic E-state index is 12.0. The van der Waals surface area contributed by atoms with Crippen molar-refractivity contribution in [3.63, 3.8) is 0 Å². The molecule has 2 fully saturated rings. The number of piperidine rings is 1. The lowest BCUT2D eigenvalue weighted by Gasteiger charge is -2.36. The summed E-state index contributed by atoms with van der Waals surface area (Å²) in [6, 6.07) is 2.88. The number of pyridine rings is 1. The van der Waals surface area contributed by atoms with E-state index < -0.39 is 0 Å². The molecule has 0 spiro atoms. The van der Waals surface area contributed by atoms with Crippen LogP contribution in [0.1, 0.15) is 36.0 Å². The first-order chi connectivity index (χ1) is 11.7. The quantitative estimate of drug-likeness (QED) is 0.786. The van der Waals surface area contributed by atoms with Crippen molar-refractivity contribution in [3.8, 4) is 0 Å². The van der Waals surface area contributed by atoms with Gasteiger partial charge in [-0.05, 0) is 47.7 Å². The number of halogens is 1. The Balaban J connectivity index is 1.61. The van der Waals surface area contributed by atoms with Gasteiger partial charge >= 0.3 is 5.97 Å². The molecule has 2 saturated heterocycles. The lowest BCUT2D eigenvalue weighted by molar-refractivity contribution is 0.0601. The molecule has 2 aliphatic heterocycles. The zero-order valence-electron chi connectivity index (χ0n) is 14.0. The highest BCUT2D eigenvalue weighted by Crippen LogP contribution is 2.25. The summed E-state index contributed by atoms with van der Waals surface area (Å²) in [7, 11) is 1.40. The molecule has 3 rings (SSSR count). The van der Waals surface area contributed by atoms with Crippen molar-refractivity contribution in [1.29, 1.82) is 0 Å². The van der Waals surface area contributed by atoms with Crippen LogP contribution in [0.3, 0.4) is 0 Å². The summed E-state index contributed by atoms with van der Waals surface area (Å²) in [5, 5.41) is 3.76. The third-order valence-electron chi connectivity index (χ3n) is 4.73. The number of carbonyl (C=O) groups is 1. The molecule has 24 heavy (non-hydrogen) atoms. The Hall–Kier alpha value is -1.18. The summed E-state index contributed by atoms with van der Waals surface area (Å²) in [6.45, 7) is 3.50. The summed E-state index contributed by atoms with van der Waals surface area (Å²) in [5.74, 6) is 0.371. The van der Waals surface area contributed by atoms with Crippen molar-refractivity contribution in [2.75, 3.05) is 38.3 Å². The molecule has 0 aromatic carbocycles. The van der Waals surface area contributed by atoms with Gasteiger partial charge in [0.2, 0.25) is 0 Å². The molecule has 0 unspecified atom stereocenters. The van der Waals surface area contributed by atoms with Crippen LogP contribution in [0.4, 0.5) is 5.82 Å². The van der Waals surface area contributed by atoms with Gasteiger partial charge in [0, 0.05) is 49.1 Å². The smallest absolute Gasteiger partial charge is 0.341 e. The van der Waals surface area contributed by atoms with Gasteiger partial charge in [0.05, 0.1) is 7.11 Å². The van der Waals surface area contributed by atoms with Crippen LogP contribution in [0, 0.1) is 0 Å². The van der Waals surface area contributed by atoms with Gasteiger partial charge in [-0.1, -0.05) is 0 Å². The molecule has 7 heteroatoms. The summed E-state index contributed by atoms with van der Waals surface area (Å²) in [6.07, 6.45) is 6.03. The number of ether oxygens (including phenoxy) is 2. The van der Waals surface area contributed by atoms with E-state index in [4.69, 9.17) is 9.47 Å². The van der Waals surface area contributed by atoms with Gasteiger partial charge in [0.15, 0.2) is 0 Å². The van der Waals surface area contributed by atoms with E-state index in [1.165, 1.54) is 7.11 Å². The number of rotatable bonds is 4. The first-order valence-corrected chi connectivity index (χ1v) is 9.29. The molecule has 132 valence electrons. The number of carbonyl (C=O) groups excluding carboxylic acids is 1. The fourth-order valence-electron chi connectivity index (χ4n) is 3.40. The Kier molecular flexibility index (Phi) is 6.08. The van der Waals surface area contributed by atoms with Crippen molar-refractivity contribution in [2.24, 2.45) is 0 Å². The lowest BCUT2D eigenvalue weighted by Crippen LogP contribution is -2.48. The minimum Gasteiger partial charge on any atom is -0.465 e. The second-order valence-electron chi connectivity index (χ2n) is 6.33. The largest absolute Gasteiger partial charge is 0.465 e. The van der Waals surface area contributed by atoms with Crippen LogP contribution in [0.2, 0.25) is 0 Å². The van der Waals surface area contributed by atoms with E-state index in [1.54, 1.807) is 12.3 Å². The zero-order valence-corrected chi connectivity index (χ0v) is 15.5. The molecule has 6 nitrogen and oxygen atoms in total. The van der Waals surface area contributed by atoms with Crippen LogP contribution < -0.4 is 10.2 Å². The maximum Gasteiger partial charge on any atom is 0.341 e. The molecule has 0 atom stereocenters. The molecule has 1 N–H and O–H groups in total. The van der Waals surface area contributed by atoms with E-state index in [-0.39, 0.29) is 5.97 Å². The molecule has 0 bridgehead atoms. The van der Waals surface area contributed by atoms with Gasteiger partial charge < -0.3 is 19.7 Å². The van der Waals surface area contributed by atoms with Crippen LogP contribution in [0.15, 0.2) is 16.7 Å². The molecule has 0 aliphatic carbocycles. The van der Waals surface area contributed by atoms with E-state index in [9.17, 15) is 4.79 Å². The van der Waals surface area contributed by atoms with Gasteiger partial charge in [-0.3, -0.25) is 0 Å². The average molecular weight is 398 g/mol. The van der Waals surface area contributed by atoms with Gasteiger partial charge in [-0.25, -0.2) is 9.78 Å². The molecule has 0 amide bonds. The van der Waals surface area contributed by atoms with Crippen LogP contribution in [0.5, 0.6) is 0 Å². The van der Waals surface area contributed by atoms with E-state index in [1.807, 2.05) is 0 Å². The Morgan fingerprint density at radius 2 is 1.96 bits per heavy atom. The molecule has 0 radical (unpaired) electrons. The number of methoxy groups -OCH3 is 1. The summed E-state index contributed by atoms with van der Waals surface area (Å²) < 4.78 is 11.1. The second-order valence-corrected chi connectivity index (χ2v) is 7.25. The third-order valence-corrected chi connectivity index (χ3v) is 5.16. The van der Waals surface area contributed by atoms with Gasteiger partial charge in [-0.2, -0.15) is 0 Å². The first-order valence-electron chi connectivity index (χ1n) is 8.50. The Bertz CT molecular complexity index is 570. The highest BCUT2D eigenvalue weighted by atomic mass is 79.9. The lowest BCUT2D eigenvalue weighted by atomic mass is 10.0. The highest BCUT2D eigenvalue weighted by Gasteiger charge is 2.26. The Morgan fingerprint density at radius 1 is 1.29 bits per heavy atom. The van der Waals surface area contributed by atoms with Crippen LogP contribution in [-0.2, 0) is 9.47 Å². The Morgan fingerprint density at radius 3 is 2.62 bits per heavy atom. The fourth-order valence-corrected chi connectivity index (χ4v) is 3.73. The predicted molar refractivity (Wildman–Crippen MR) is 95.5 cm³/mol. The van der Waals surface area contributed by atoms with Gasteiger partial charge in [-0.15, -0.1) is 0 Å². The minimum atomic E-state index is -0.346. The van der Waals surface area contributed by atoms with Crippen molar-refractivity contribution in [2.45, 2.75) is 37.8 Å². The number of nitrogens with one attached hydrogen (secondary N) is 1. The molecule has 3 heterocycles. The van der Waals surface area contributed by atoms with E-state index >= 15 is 0 Å². The monoisotopic (exact) mass is 397 g/mol. The van der Waals surface area contributed by atoms with Crippen LogP contribution >= 0.6 is 15.9 Å². The number of anilines is 1. The number of nitrogens with zero attached hydrogens (tertiary/aromatic N) is 2. The van der Waals surface area contributed by atoms with Gasteiger partial charge in [0.1, 0.15) is 11.4 Å². The van der Waals surface area contributed by atoms with Crippen LogP contribution in [0.25, 0.3) is 0 Å². The standard InChI is InChI=1S/C17H24BrN3O3/c1-23-17(22)15-10-12(18)11-19-16(15)21-6-2-13(3-7-21)20-14-4-8-24-9-5-14/h10-11,13-14,20H,2-9H2,1H3. The molecule has 0 saturated carbocycles. The summed E-state index contributed by atoms with van der Waals surface area (Å²) in [4.78, 5) is 18.7. The maximum atomic E-state index is 12.0. The molecule has 1 aromatic heterocycles. The number of hydrogen-bond acceptors (Lipinski definition) is 6. The Labute approximate surface area is 151 Å². The normalized spacial score (nSPS) is 20.2. The third kappa shape index (κ3) is 4.26. The zero-order chi connectivity index (χ0) is 16.9. The SMILES string of the molecule is COC(=O)c1cc(Br)cnc1N1CCC(NC2CCOCC2)CC1. The number of esters is 1. The number of hydrogen-bond donors (Lipinski definition) is 1.